The molecule has 0 aliphatic heterocycles. The highest BCUT2D eigenvalue weighted by molar-refractivity contribution is 5.97. The minimum absolute atomic E-state index is 0.320. The number of hydrogen-bond acceptors (Lipinski definition) is 5. The largest absolute Gasteiger partial charge is 0.494 e. The maximum Gasteiger partial charge on any atom is 0.338 e. The summed E-state index contributed by atoms with van der Waals surface area (Å²) in [5, 5.41) is 1.11. The fourth-order valence-electron chi connectivity index (χ4n) is 4.32. The molecule has 1 aliphatic rings. The molecule has 0 bridgehead atoms. The number of methoxy groups -OCH3 is 1. The first kappa shape index (κ1) is 27.2. The lowest BCUT2D eigenvalue weighted by atomic mass is 10.2. The van der Waals surface area contributed by atoms with E-state index in [9.17, 15) is 4.79 Å². The van der Waals surface area contributed by atoms with Crippen LogP contribution in [0, 0.1) is 5.92 Å². The first-order valence-corrected chi connectivity index (χ1v) is 13.2. The minimum Gasteiger partial charge on any atom is -0.494 e. The molecular formula is C29H40N4O3. The summed E-state index contributed by atoms with van der Waals surface area (Å²) < 4.78 is 15.2. The lowest BCUT2D eigenvalue weighted by Gasteiger charge is -2.11. The van der Waals surface area contributed by atoms with E-state index in [4.69, 9.17) is 19.4 Å². The van der Waals surface area contributed by atoms with Crippen molar-refractivity contribution in [2.45, 2.75) is 67.3 Å². The van der Waals surface area contributed by atoms with Crippen LogP contribution in [0.25, 0.3) is 33.6 Å². The number of pyridine rings is 1. The summed E-state index contributed by atoms with van der Waals surface area (Å²) in [6.07, 6.45) is 3.41. The number of rotatable bonds is 7. The Kier molecular flexibility index (Phi) is 9.13. The van der Waals surface area contributed by atoms with Gasteiger partial charge in [0.25, 0.3) is 0 Å². The number of fused-ring (bicyclic) bond motifs is 2. The number of aromatic nitrogens is 4. The third-order valence-corrected chi connectivity index (χ3v) is 6.20. The number of esters is 1. The molecule has 4 aromatic rings. The number of imidazole rings is 1. The molecule has 1 fully saturated rings. The van der Waals surface area contributed by atoms with Crippen LogP contribution in [0.1, 0.15) is 70.4 Å². The van der Waals surface area contributed by atoms with Gasteiger partial charge in [-0.05, 0) is 62.4 Å². The van der Waals surface area contributed by atoms with Crippen LogP contribution in [0.2, 0.25) is 0 Å². The number of carbonyl (C=O) groups excluding carboxylic acids is 1. The van der Waals surface area contributed by atoms with Gasteiger partial charge in [-0.3, -0.25) is 0 Å². The minimum atomic E-state index is -0.376. The number of benzene rings is 1. The SMILES string of the molecule is CC.CC.CCOC(=O)c1cc(OC)c2c(c1)nc(-c1cc3ccc(CC)nc3n1CC1CC1)n2C. The Labute approximate surface area is 214 Å². The molecule has 0 atom stereocenters. The number of nitrogens with zero attached hydrogens (tertiary/aromatic N) is 4. The second-order valence-electron chi connectivity index (χ2n) is 8.41. The van der Waals surface area contributed by atoms with Crippen LogP contribution in [0.3, 0.4) is 0 Å². The first-order valence-electron chi connectivity index (χ1n) is 13.2. The molecule has 0 N–H and O–H groups in total. The van der Waals surface area contributed by atoms with E-state index >= 15 is 0 Å². The number of carbonyl (C=O) groups is 1. The van der Waals surface area contributed by atoms with Crippen molar-refractivity contribution in [1.29, 1.82) is 0 Å². The van der Waals surface area contributed by atoms with E-state index in [0.717, 1.165) is 46.7 Å². The molecule has 3 heterocycles. The third-order valence-electron chi connectivity index (χ3n) is 6.20. The van der Waals surface area contributed by atoms with Gasteiger partial charge in [0.05, 0.1) is 30.5 Å². The van der Waals surface area contributed by atoms with Gasteiger partial charge in [0.2, 0.25) is 0 Å². The summed E-state index contributed by atoms with van der Waals surface area (Å²) in [5.74, 6) is 1.74. The van der Waals surface area contributed by atoms with Gasteiger partial charge in [0.1, 0.15) is 16.9 Å². The first-order chi connectivity index (χ1) is 17.5. The summed E-state index contributed by atoms with van der Waals surface area (Å²) in [7, 11) is 3.60. The Hall–Kier alpha value is -3.35. The van der Waals surface area contributed by atoms with Crippen molar-refractivity contribution in [3.05, 3.63) is 41.6 Å². The van der Waals surface area contributed by atoms with Crippen LogP contribution >= 0.6 is 0 Å². The van der Waals surface area contributed by atoms with Gasteiger partial charge in [0.15, 0.2) is 5.82 Å². The second kappa shape index (κ2) is 12.1. The van der Waals surface area contributed by atoms with E-state index in [1.165, 1.54) is 12.8 Å². The molecule has 0 amide bonds. The van der Waals surface area contributed by atoms with Crippen molar-refractivity contribution < 1.29 is 14.3 Å². The smallest absolute Gasteiger partial charge is 0.338 e. The van der Waals surface area contributed by atoms with Crippen molar-refractivity contribution >= 4 is 28.0 Å². The van der Waals surface area contributed by atoms with Gasteiger partial charge in [-0.2, -0.15) is 0 Å². The maximum absolute atomic E-state index is 12.4. The number of ether oxygens (including phenoxy) is 2. The molecule has 36 heavy (non-hydrogen) atoms. The van der Waals surface area contributed by atoms with Gasteiger partial charge in [-0.1, -0.05) is 34.6 Å². The lowest BCUT2D eigenvalue weighted by molar-refractivity contribution is 0.0526. The Bertz CT molecular complexity index is 1330. The third kappa shape index (κ3) is 5.25. The zero-order chi connectivity index (χ0) is 26.4. The highest BCUT2D eigenvalue weighted by Crippen LogP contribution is 2.37. The van der Waals surface area contributed by atoms with E-state index in [0.29, 0.717) is 29.4 Å². The Balaban J connectivity index is 0.000000861. The summed E-state index contributed by atoms with van der Waals surface area (Å²) in [6, 6.07) is 9.92. The van der Waals surface area contributed by atoms with Crippen molar-refractivity contribution in [3.63, 3.8) is 0 Å². The lowest BCUT2D eigenvalue weighted by Crippen LogP contribution is -2.06. The van der Waals surface area contributed by atoms with Crippen LogP contribution in [0.5, 0.6) is 5.75 Å². The standard InChI is InChI=1S/C25H28N4O3.2C2H6/c1-5-18-10-9-16-12-20(29(23(16)26-18)14-15-7-8-15)24-27-19-11-17(25(30)32-6-2)13-21(31-4)22(19)28(24)3;2*1-2/h9-13,15H,5-8,14H2,1-4H3;2*1-2H3. The average Bonchev–Trinajstić information content (AvgIpc) is 3.59. The van der Waals surface area contributed by atoms with Crippen molar-refractivity contribution in [1.82, 2.24) is 19.1 Å². The molecule has 7 nitrogen and oxygen atoms in total. The fourth-order valence-corrected chi connectivity index (χ4v) is 4.32. The summed E-state index contributed by atoms with van der Waals surface area (Å²) in [5.41, 5.74) is 5.12. The molecule has 1 saturated carbocycles. The van der Waals surface area contributed by atoms with Gasteiger partial charge in [0, 0.05) is 24.7 Å². The molecule has 0 saturated heterocycles. The van der Waals surface area contributed by atoms with Crippen LogP contribution in [-0.2, 0) is 24.8 Å². The van der Waals surface area contributed by atoms with Gasteiger partial charge in [-0.15, -0.1) is 0 Å². The maximum atomic E-state index is 12.4. The predicted octanol–water partition coefficient (Wildman–Crippen LogP) is 6.80. The van der Waals surface area contributed by atoms with Crippen molar-refractivity contribution in [2.75, 3.05) is 13.7 Å². The molecule has 1 aliphatic carbocycles. The monoisotopic (exact) mass is 492 g/mol. The molecule has 1 aromatic carbocycles. The highest BCUT2D eigenvalue weighted by atomic mass is 16.5. The average molecular weight is 493 g/mol. The molecule has 0 unspecified atom stereocenters. The second-order valence-corrected chi connectivity index (χ2v) is 8.41. The van der Waals surface area contributed by atoms with Crippen molar-refractivity contribution in [3.8, 4) is 17.3 Å². The molecule has 0 radical (unpaired) electrons. The van der Waals surface area contributed by atoms with E-state index in [1.807, 2.05) is 39.3 Å². The topological polar surface area (TPSA) is 71.2 Å². The van der Waals surface area contributed by atoms with Crippen molar-refractivity contribution in [2.24, 2.45) is 13.0 Å². The van der Waals surface area contributed by atoms with E-state index in [-0.39, 0.29) is 5.97 Å². The number of aryl methyl sites for hydroxylation is 2. The number of hydrogen-bond donors (Lipinski definition) is 0. The zero-order valence-corrected chi connectivity index (χ0v) is 23.0. The molecular weight excluding hydrogens is 452 g/mol. The van der Waals surface area contributed by atoms with Crippen LogP contribution in [0.15, 0.2) is 30.3 Å². The van der Waals surface area contributed by atoms with Crippen LogP contribution < -0.4 is 4.74 Å². The molecule has 5 rings (SSSR count). The van der Waals surface area contributed by atoms with E-state index < -0.39 is 0 Å². The van der Waals surface area contributed by atoms with Gasteiger partial charge in [-0.25, -0.2) is 14.8 Å². The quantitative estimate of drug-likeness (QED) is 0.265. The molecule has 194 valence electrons. The van der Waals surface area contributed by atoms with E-state index in [1.54, 1.807) is 26.2 Å². The summed E-state index contributed by atoms with van der Waals surface area (Å²) in [6.45, 7) is 13.2. The van der Waals surface area contributed by atoms with Crippen LogP contribution in [-0.4, -0.2) is 38.8 Å². The highest BCUT2D eigenvalue weighted by Gasteiger charge is 2.27. The Morgan fingerprint density at radius 2 is 1.78 bits per heavy atom. The van der Waals surface area contributed by atoms with Gasteiger partial charge >= 0.3 is 5.97 Å². The predicted molar refractivity (Wildman–Crippen MR) is 147 cm³/mol. The van der Waals surface area contributed by atoms with Gasteiger partial charge < -0.3 is 18.6 Å². The molecule has 7 heteroatoms. The zero-order valence-electron chi connectivity index (χ0n) is 23.0. The molecule has 0 spiro atoms. The fraction of sp³-hybridized carbons (Fsp3) is 0.483. The van der Waals surface area contributed by atoms with E-state index in [2.05, 4.69) is 29.7 Å². The molecule has 3 aromatic heterocycles. The summed E-state index contributed by atoms with van der Waals surface area (Å²) >= 11 is 0. The summed E-state index contributed by atoms with van der Waals surface area (Å²) in [4.78, 5) is 22.2. The normalized spacial score (nSPS) is 12.6. The Morgan fingerprint density at radius 1 is 1.06 bits per heavy atom. The van der Waals surface area contributed by atoms with Crippen LogP contribution in [0.4, 0.5) is 0 Å². The Morgan fingerprint density at radius 3 is 2.39 bits per heavy atom.